The van der Waals surface area contributed by atoms with Crippen molar-refractivity contribution < 1.29 is 9.18 Å². The fourth-order valence-corrected chi connectivity index (χ4v) is 2.42. The van der Waals surface area contributed by atoms with Crippen LogP contribution in [0.15, 0.2) is 65.5 Å². The molecule has 0 bridgehead atoms. The van der Waals surface area contributed by atoms with Crippen molar-refractivity contribution in [3.8, 4) is 5.69 Å². The average Bonchev–Trinajstić information content (AvgIpc) is 2.62. The summed E-state index contributed by atoms with van der Waals surface area (Å²) >= 11 is 0. The molecule has 0 spiro atoms. The highest BCUT2D eigenvalue weighted by molar-refractivity contribution is 6.04. The van der Waals surface area contributed by atoms with E-state index in [4.69, 9.17) is 0 Å². The number of carbonyl (C=O) groups excluding carboxylic acids is 1. The fourth-order valence-electron chi connectivity index (χ4n) is 2.42. The first-order valence-corrected chi connectivity index (χ1v) is 7.67. The van der Waals surface area contributed by atoms with Crippen LogP contribution in [0.3, 0.4) is 0 Å². The molecule has 0 radical (unpaired) electrons. The topological polar surface area (TPSA) is 55.2 Å². The lowest BCUT2D eigenvalue weighted by Gasteiger charge is -2.17. The van der Waals surface area contributed by atoms with Gasteiger partial charge < -0.3 is 4.90 Å². The van der Waals surface area contributed by atoms with Gasteiger partial charge >= 0.3 is 0 Å². The highest BCUT2D eigenvalue weighted by Crippen LogP contribution is 2.16. The van der Waals surface area contributed by atoms with Gasteiger partial charge in [0.1, 0.15) is 11.5 Å². The monoisotopic (exact) mass is 337 g/mol. The smallest absolute Gasteiger partial charge is 0.278 e. The number of nitrogens with zero attached hydrogens (tertiary/aromatic N) is 3. The van der Waals surface area contributed by atoms with Crippen molar-refractivity contribution in [2.45, 2.75) is 6.92 Å². The Labute approximate surface area is 144 Å². The van der Waals surface area contributed by atoms with E-state index in [-0.39, 0.29) is 11.6 Å². The lowest BCUT2D eigenvalue weighted by molar-refractivity contribution is 0.0986. The van der Waals surface area contributed by atoms with Crippen LogP contribution in [-0.2, 0) is 0 Å². The summed E-state index contributed by atoms with van der Waals surface area (Å²) < 4.78 is 14.1. The van der Waals surface area contributed by atoms with Crippen LogP contribution in [0, 0.1) is 12.7 Å². The minimum absolute atomic E-state index is 0.118. The lowest BCUT2D eigenvalue weighted by Crippen LogP contribution is -2.30. The molecule has 0 N–H and O–H groups in total. The maximum atomic E-state index is 13.1. The van der Waals surface area contributed by atoms with Crippen LogP contribution >= 0.6 is 0 Å². The quantitative estimate of drug-likeness (QED) is 0.738. The van der Waals surface area contributed by atoms with Crippen molar-refractivity contribution in [1.82, 2.24) is 9.78 Å². The van der Waals surface area contributed by atoms with Crippen LogP contribution in [0.4, 0.5) is 10.1 Å². The summed E-state index contributed by atoms with van der Waals surface area (Å²) in [6.45, 7) is 1.94. The van der Waals surface area contributed by atoms with E-state index in [1.165, 1.54) is 41.3 Å². The Morgan fingerprint density at radius 1 is 1.08 bits per heavy atom. The maximum Gasteiger partial charge on any atom is 0.278 e. The van der Waals surface area contributed by atoms with Gasteiger partial charge in [0.25, 0.3) is 11.5 Å². The molecule has 3 rings (SSSR count). The van der Waals surface area contributed by atoms with Gasteiger partial charge in [-0.1, -0.05) is 12.1 Å². The summed E-state index contributed by atoms with van der Waals surface area (Å²) in [5, 5.41) is 4.13. The number of anilines is 1. The second-order valence-corrected chi connectivity index (χ2v) is 5.65. The van der Waals surface area contributed by atoms with Crippen LogP contribution in [0.1, 0.15) is 16.1 Å². The van der Waals surface area contributed by atoms with Gasteiger partial charge in [-0.3, -0.25) is 9.59 Å². The van der Waals surface area contributed by atoms with E-state index < -0.39 is 11.4 Å². The third-order valence-corrected chi connectivity index (χ3v) is 3.78. The van der Waals surface area contributed by atoms with Crippen molar-refractivity contribution in [3.63, 3.8) is 0 Å². The Morgan fingerprint density at radius 3 is 2.48 bits per heavy atom. The first-order valence-electron chi connectivity index (χ1n) is 7.67. The molecule has 0 unspecified atom stereocenters. The summed E-state index contributed by atoms with van der Waals surface area (Å²) in [5.74, 6) is -0.760. The van der Waals surface area contributed by atoms with Crippen LogP contribution < -0.4 is 10.5 Å². The third kappa shape index (κ3) is 3.47. The Hall–Kier alpha value is -3.28. The molecule has 25 heavy (non-hydrogen) atoms. The predicted octanol–water partition coefficient (Wildman–Crippen LogP) is 2.96. The van der Waals surface area contributed by atoms with Crippen LogP contribution in [0.5, 0.6) is 0 Å². The second kappa shape index (κ2) is 6.68. The number of carbonyl (C=O) groups is 1. The Morgan fingerprint density at radius 2 is 1.80 bits per heavy atom. The van der Waals surface area contributed by atoms with Crippen molar-refractivity contribution in [2.75, 3.05) is 11.9 Å². The Balaban J connectivity index is 1.97. The molecule has 0 fully saturated rings. The minimum atomic E-state index is -0.414. The number of aryl methyl sites for hydroxylation is 1. The second-order valence-electron chi connectivity index (χ2n) is 5.65. The van der Waals surface area contributed by atoms with Gasteiger partial charge in [-0.15, -0.1) is 0 Å². The molecule has 0 aliphatic heterocycles. The number of hydrogen-bond donors (Lipinski definition) is 0. The van der Waals surface area contributed by atoms with Gasteiger partial charge in [-0.2, -0.15) is 9.78 Å². The van der Waals surface area contributed by atoms with Gasteiger partial charge in [0, 0.05) is 18.8 Å². The third-order valence-electron chi connectivity index (χ3n) is 3.78. The van der Waals surface area contributed by atoms with Gasteiger partial charge in [0.05, 0.1) is 5.69 Å². The predicted molar refractivity (Wildman–Crippen MR) is 93.7 cm³/mol. The molecule has 0 aliphatic rings. The van der Waals surface area contributed by atoms with Gasteiger partial charge in [0.15, 0.2) is 0 Å². The summed E-state index contributed by atoms with van der Waals surface area (Å²) in [7, 11) is 1.64. The Kier molecular flexibility index (Phi) is 4.43. The summed E-state index contributed by atoms with van der Waals surface area (Å²) in [4.78, 5) is 26.2. The van der Waals surface area contributed by atoms with E-state index in [0.717, 1.165) is 15.9 Å². The Bertz CT molecular complexity index is 980. The number of amides is 1. The van der Waals surface area contributed by atoms with E-state index >= 15 is 0 Å². The highest BCUT2D eigenvalue weighted by Gasteiger charge is 2.16. The van der Waals surface area contributed by atoms with Gasteiger partial charge in [-0.05, 0) is 55.0 Å². The molecule has 0 aliphatic carbocycles. The zero-order valence-electron chi connectivity index (χ0n) is 13.8. The van der Waals surface area contributed by atoms with Crippen molar-refractivity contribution in [3.05, 3.63) is 88.1 Å². The summed E-state index contributed by atoms with van der Waals surface area (Å²) in [6, 6.07) is 15.5. The zero-order chi connectivity index (χ0) is 18.0. The minimum Gasteiger partial charge on any atom is -0.310 e. The molecule has 126 valence electrons. The molecular weight excluding hydrogens is 321 g/mol. The summed E-state index contributed by atoms with van der Waals surface area (Å²) in [6.07, 6.45) is 0. The van der Waals surface area contributed by atoms with Crippen molar-refractivity contribution in [1.29, 1.82) is 0 Å². The zero-order valence-corrected chi connectivity index (χ0v) is 13.8. The molecule has 3 aromatic rings. The van der Waals surface area contributed by atoms with Gasteiger partial charge in [0.2, 0.25) is 0 Å². The van der Waals surface area contributed by atoms with Gasteiger partial charge in [-0.25, -0.2) is 4.39 Å². The van der Waals surface area contributed by atoms with Crippen LogP contribution in [0.2, 0.25) is 0 Å². The number of benzene rings is 2. The van der Waals surface area contributed by atoms with E-state index in [2.05, 4.69) is 5.10 Å². The molecule has 1 heterocycles. The van der Waals surface area contributed by atoms with Crippen LogP contribution in [0.25, 0.3) is 5.69 Å². The number of hydrogen-bond acceptors (Lipinski definition) is 3. The largest absolute Gasteiger partial charge is 0.310 e. The normalized spacial score (nSPS) is 10.5. The molecule has 0 atom stereocenters. The number of rotatable bonds is 3. The average molecular weight is 337 g/mol. The van der Waals surface area contributed by atoms with E-state index in [1.807, 2.05) is 31.2 Å². The van der Waals surface area contributed by atoms with Crippen LogP contribution in [-0.4, -0.2) is 22.7 Å². The van der Waals surface area contributed by atoms with E-state index in [1.54, 1.807) is 7.05 Å². The number of aromatic nitrogens is 2. The lowest BCUT2D eigenvalue weighted by atomic mass is 10.2. The molecule has 0 saturated carbocycles. The number of halogens is 1. The molecule has 1 aromatic heterocycles. The highest BCUT2D eigenvalue weighted by atomic mass is 19.1. The standard InChI is InChI=1S/C19H16FN3O2/c1-13-4-3-5-16(12-13)22(2)19(25)17-10-11-18(24)23(21-17)15-8-6-14(20)7-9-15/h3-12H,1-2H3. The van der Waals surface area contributed by atoms with Crippen molar-refractivity contribution >= 4 is 11.6 Å². The van der Waals surface area contributed by atoms with E-state index in [0.29, 0.717) is 5.69 Å². The SMILES string of the molecule is Cc1cccc(N(C)C(=O)c2ccc(=O)n(-c3ccc(F)cc3)n2)c1. The first-order chi connectivity index (χ1) is 12.0. The molecule has 1 amide bonds. The van der Waals surface area contributed by atoms with E-state index in [9.17, 15) is 14.0 Å². The first kappa shape index (κ1) is 16.6. The molecule has 0 saturated heterocycles. The molecular formula is C19H16FN3O2. The summed E-state index contributed by atoms with van der Waals surface area (Å²) in [5.41, 5.74) is 1.86. The van der Waals surface area contributed by atoms with Crippen molar-refractivity contribution in [2.24, 2.45) is 0 Å². The molecule has 5 nitrogen and oxygen atoms in total. The maximum absolute atomic E-state index is 13.1. The fraction of sp³-hybridized carbons (Fsp3) is 0.105. The molecule has 6 heteroatoms. The molecule has 2 aromatic carbocycles.